The molecule has 0 spiro atoms. The maximum absolute atomic E-state index is 12.6. The molecule has 6 heteroatoms. The fourth-order valence-corrected chi connectivity index (χ4v) is 3.21. The van der Waals surface area contributed by atoms with Gasteiger partial charge < -0.3 is 10.0 Å². The maximum Gasteiger partial charge on any atom is 0.391 e. The van der Waals surface area contributed by atoms with Crippen molar-refractivity contribution in [1.29, 1.82) is 0 Å². The summed E-state index contributed by atoms with van der Waals surface area (Å²) in [5.74, 6) is -1.18. The summed E-state index contributed by atoms with van der Waals surface area (Å²) in [6.45, 7) is 2.49. The Labute approximate surface area is 124 Å². The van der Waals surface area contributed by atoms with E-state index in [-0.39, 0.29) is 12.8 Å². The van der Waals surface area contributed by atoms with Crippen molar-refractivity contribution in [3.63, 3.8) is 0 Å². The normalized spacial score (nSPS) is 19.2. The molecule has 1 aromatic carbocycles. The third kappa shape index (κ3) is 3.47. The van der Waals surface area contributed by atoms with Crippen LogP contribution in [0.5, 0.6) is 0 Å². The summed E-state index contributed by atoms with van der Waals surface area (Å²) >= 11 is 3.39. The first kappa shape index (κ1) is 15.6. The first-order valence-electron chi connectivity index (χ1n) is 6.58. The smallest absolute Gasteiger partial charge is 0.389 e. The SMILES string of the molecule is C[C@H](O)c1ccc(N2CCC(C(F)(F)F)CC2)cc1Br. The van der Waals surface area contributed by atoms with Crippen LogP contribution in [0.25, 0.3) is 0 Å². The van der Waals surface area contributed by atoms with Crippen LogP contribution in [0.2, 0.25) is 0 Å². The van der Waals surface area contributed by atoms with Crippen LogP contribution >= 0.6 is 15.9 Å². The average molecular weight is 352 g/mol. The van der Waals surface area contributed by atoms with Crippen LogP contribution in [-0.4, -0.2) is 24.4 Å². The van der Waals surface area contributed by atoms with E-state index in [0.29, 0.717) is 13.1 Å². The molecular weight excluding hydrogens is 335 g/mol. The van der Waals surface area contributed by atoms with Crippen LogP contribution in [0, 0.1) is 5.92 Å². The van der Waals surface area contributed by atoms with Crippen molar-refractivity contribution < 1.29 is 18.3 Å². The Morgan fingerprint density at radius 2 is 1.90 bits per heavy atom. The first-order chi connectivity index (χ1) is 9.29. The zero-order valence-corrected chi connectivity index (χ0v) is 12.7. The van der Waals surface area contributed by atoms with Gasteiger partial charge in [0.2, 0.25) is 0 Å². The van der Waals surface area contributed by atoms with E-state index in [1.165, 1.54) is 0 Å². The second-order valence-corrected chi connectivity index (χ2v) is 6.04. The molecule has 1 saturated heterocycles. The highest BCUT2D eigenvalue weighted by Gasteiger charge is 2.41. The summed E-state index contributed by atoms with van der Waals surface area (Å²) in [5, 5.41) is 9.56. The van der Waals surface area contributed by atoms with Crippen LogP contribution in [0.3, 0.4) is 0 Å². The molecule has 0 unspecified atom stereocenters. The van der Waals surface area contributed by atoms with E-state index >= 15 is 0 Å². The van der Waals surface area contributed by atoms with Crippen LogP contribution < -0.4 is 4.90 Å². The van der Waals surface area contributed by atoms with Crippen molar-refractivity contribution in [1.82, 2.24) is 0 Å². The van der Waals surface area contributed by atoms with E-state index in [2.05, 4.69) is 15.9 Å². The molecule has 0 radical (unpaired) electrons. The van der Waals surface area contributed by atoms with Crippen LogP contribution in [-0.2, 0) is 0 Å². The summed E-state index contributed by atoms with van der Waals surface area (Å²) < 4.78 is 38.6. The van der Waals surface area contributed by atoms with E-state index in [1.807, 2.05) is 17.0 Å². The van der Waals surface area contributed by atoms with Crippen LogP contribution in [0.1, 0.15) is 31.4 Å². The van der Waals surface area contributed by atoms with Gasteiger partial charge in [0.05, 0.1) is 12.0 Å². The molecule has 20 heavy (non-hydrogen) atoms. The molecule has 1 aliphatic rings. The number of rotatable bonds is 2. The number of piperidine rings is 1. The van der Waals surface area contributed by atoms with Gasteiger partial charge in [-0.05, 0) is 37.5 Å². The second-order valence-electron chi connectivity index (χ2n) is 5.18. The van der Waals surface area contributed by atoms with Gasteiger partial charge in [-0.2, -0.15) is 13.2 Å². The van der Waals surface area contributed by atoms with E-state index in [0.717, 1.165) is 15.7 Å². The predicted molar refractivity (Wildman–Crippen MR) is 75.8 cm³/mol. The van der Waals surface area contributed by atoms with Gasteiger partial charge in [0.1, 0.15) is 0 Å². The molecule has 1 aromatic rings. The highest BCUT2D eigenvalue weighted by atomic mass is 79.9. The minimum atomic E-state index is -4.08. The average Bonchev–Trinajstić information content (AvgIpc) is 2.37. The van der Waals surface area contributed by atoms with E-state index in [1.54, 1.807) is 13.0 Å². The molecule has 0 aromatic heterocycles. The van der Waals surface area contributed by atoms with Gasteiger partial charge in [0, 0.05) is 23.2 Å². The van der Waals surface area contributed by atoms with Gasteiger partial charge in [-0.15, -0.1) is 0 Å². The van der Waals surface area contributed by atoms with E-state index in [9.17, 15) is 18.3 Å². The summed E-state index contributed by atoms with van der Waals surface area (Å²) in [6, 6.07) is 5.51. The van der Waals surface area contributed by atoms with Gasteiger partial charge in [-0.1, -0.05) is 22.0 Å². The van der Waals surface area contributed by atoms with E-state index < -0.39 is 18.2 Å². The van der Waals surface area contributed by atoms with Gasteiger partial charge in [0.25, 0.3) is 0 Å². The monoisotopic (exact) mass is 351 g/mol. The second kappa shape index (κ2) is 5.93. The fraction of sp³-hybridized carbons (Fsp3) is 0.571. The molecule has 0 aliphatic carbocycles. The number of hydrogen-bond acceptors (Lipinski definition) is 2. The lowest BCUT2D eigenvalue weighted by Crippen LogP contribution is -2.39. The molecule has 0 bridgehead atoms. The number of benzene rings is 1. The van der Waals surface area contributed by atoms with Crippen molar-refractivity contribution >= 4 is 21.6 Å². The standard InChI is InChI=1S/C14H17BrF3NO/c1-9(20)12-3-2-11(8-13(12)15)19-6-4-10(5-7-19)14(16,17)18/h2-3,8-10,20H,4-7H2,1H3/t9-/m0/s1. The van der Waals surface area contributed by atoms with Gasteiger partial charge in [-0.25, -0.2) is 0 Å². The first-order valence-corrected chi connectivity index (χ1v) is 7.37. The van der Waals surface area contributed by atoms with Gasteiger partial charge in [0.15, 0.2) is 0 Å². The fourth-order valence-electron chi connectivity index (χ4n) is 2.52. The summed E-state index contributed by atoms with van der Waals surface area (Å²) in [7, 11) is 0. The molecule has 1 N–H and O–H groups in total. The topological polar surface area (TPSA) is 23.5 Å². The number of aliphatic hydroxyl groups excluding tert-OH is 1. The largest absolute Gasteiger partial charge is 0.391 e. The molecule has 2 nitrogen and oxygen atoms in total. The zero-order chi connectivity index (χ0) is 14.9. The quantitative estimate of drug-likeness (QED) is 0.859. The van der Waals surface area contributed by atoms with Crippen molar-refractivity contribution in [2.45, 2.75) is 32.0 Å². The lowest BCUT2D eigenvalue weighted by Gasteiger charge is -2.34. The minimum absolute atomic E-state index is 0.138. The number of hydrogen-bond donors (Lipinski definition) is 1. The molecule has 112 valence electrons. The lowest BCUT2D eigenvalue weighted by molar-refractivity contribution is -0.179. The van der Waals surface area contributed by atoms with Crippen LogP contribution in [0.4, 0.5) is 18.9 Å². The number of aliphatic hydroxyl groups is 1. The summed E-state index contributed by atoms with van der Waals surface area (Å²) in [5.41, 5.74) is 1.67. The van der Waals surface area contributed by atoms with Crippen molar-refractivity contribution in [2.75, 3.05) is 18.0 Å². The molecule has 1 heterocycles. The summed E-state index contributed by atoms with van der Waals surface area (Å²) in [6.07, 6.45) is -4.38. The molecule has 2 rings (SSSR count). The van der Waals surface area contributed by atoms with Gasteiger partial charge >= 0.3 is 6.18 Å². The predicted octanol–water partition coefficient (Wildman–Crippen LogP) is 4.28. The molecule has 0 saturated carbocycles. The van der Waals surface area contributed by atoms with Crippen molar-refractivity contribution in [3.8, 4) is 0 Å². The van der Waals surface area contributed by atoms with E-state index in [4.69, 9.17) is 0 Å². The number of alkyl halides is 3. The Morgan fingerprint density at radius 1 is 1.30 bits per heavy atom. The third-order valence-electron chi connectivity index (χ3n) is 3.76. The molecular formula is C14H17BrF3NO. The Morgan fingerprint density at radius 3 is 2.35 bits per heavy atom. The zero-order valence-electron chi connectivity index (χ0n) is 11.1. The Hall–Kier alpha value is -0.750. The maximum atomic E-state index is 12.6. The highest BCUT2D eigenvalue weighted by Crippen LogP contribution is 2.36. The lowest BCUT2D eigenvalue weighted by atomic mass is 9.96. The Bertz CT molecular complexity index is 468. The highest BCUT2D eigenvalue weighted by molar-refractivity contribution is 9.10. The number of halogens is 4. The third-order valence-corrected chi connectivity index (χ3v) is 4.44. The van der Waals surface area contributed by atoms with Crippen LogP contribution in [0.15, 0.2) is 22.7 Å². The number of anilines is 1. The molecule has 0 amide bonds. The van der Waals surface area contributed by atoms with Crippen molar-refractivity contribution in [3.05, 3.63) is 28.2 Å². The van der Waals surface area contributed by atoms with Gasteiger partial charge in [-0.3, -0.25) is 0 Å². The molecule has 1 aliphatic heterocycles. The minimum Gasteiger partial charge on any atom is -0.389 e. The Balaban J connectivity index is 2.06. The molecule has 1 fully saturated rings. The molecule has 1 atom stereocenters. The Kier molecular flexibility index (Phi) is 4.64. The summed E-state index contributed by atoms with van der Waals surface area (Å²) in [4.78, 5) is 1.96. The van der Waals surface area contributed by atoms with Crippen molar-refractivity contribution in [2.24, 2.45) is 5.92 Å². The number of nitrogens with zero attached hydrogens (tertiary/aromatic N) is 1.